The Morgan fingerprint density at radius 1 is 1.24 bits per heavy atom. The van der Waals surface area contributed by atoms with Crippen molar-refractivity contribution >= 4 is 40.4 Å². The SMILES string of the molecule is N#Cc1cc(NCCO)c(Cl)c(Nc2nc(NC3CC3)c3ncc(C#N)n3n2)c1. The molecule has 0 bridgehead atoms. The van der Waals surface area contributed by atoms with Crippen LogP contribution in [0.3, 0.4) is 0 Å². The fourth-order valence-corrected chi connectivity index (χ4v) is 2.97. The number of anilines is 4. The molecule has 3 aromatic rings. The molecule has 10 nitrogen and oxygen atoms in total. The normalized spacial score (nSPS) is 13.0. The van der Waals surface area contributed by atoms with Crippen molar-refractivity contribution in [2.24, 2.45) is 0 Å². The Bertz CT molecular complexity index is 1160. The van der Waals surface area contributed by atoms with Crippen LogP contribution in [0.5, 0.6) is 0 Å². The van der Waals surface area contributed by atoms with Crippen molar-refractivity contribution in [2.75, 3.05) is 29.1 Å². The summed E-state index contributed by atoms with van der Waals surface area (Å²) in [5.74, 6) is 0.706. The van der Waals surface area contributed by atoms with E-state index in [2.05, 4.69) is 43.2 Å². The number of benzene rings is 1. The van der Waals surface area contributed by atoms with Crippen LogP contribution < -0.4 is 16.0 Å². The Morgan fingerprint density at radius 2 is 2.03 bits per heavy atom. The van der Waals surface area contributed by atoms with E-state index < -0.39 is 0 Å². The van der Waals surface area contributed by atoms with Gasteiger partial charge in [-0.25, -0.2) is 4.98 Å². The van der Waals surface area contributed by atoms with Crippen LogP contribution in [0, 0.1) is 22.7 Å². The summed E-state index contributed by atoms with van der Waals surface area (Å²) in [6.45, 7) is 0.204. The van der Waals surface area contributed by atoms with Crippen LogP contribution in [0.2, 0.25) is 5.02 Å². The van der Waals surface area contributed by atoms with Gasteiger partial charge in [-0.1, -0.05) is 11.6 Å². The van der Waals surface area contributed by atoms with E-state index in [1.807, 2.05) is 0 Å². The molecule has 1 saturated carbocycles. The van der Waals surface area contributed by atoms with E-state index in [1.54, 1.807) is 12.1 Å². The highest BCUT2D eigenvalue weighted by Crippen LogP contribution is 2.34. The van der Waals surface area contributed by atoms with Crippen molar-refractivity contribution in [2.45, 2.75) is 18.9 Å². The van der Waals surface area contributed by atoms with Crippen LogP contribution in [0.4, 0.5) is 23.1 Å². The maximum absolute atomic E-state index is 9.32. The highest BCUT2D eigenvalue weighted by molar-refractivity contribution is 6.36. The van der Waals surface area contributed by atoms with Gasteiger partial charge in [0.25, 0.3) is 0 Å². The predicted octanol–water partition coefficient (Wildman–Crippen LogP) is 2.24. The van der Waals surface area contributed by atoms with E-state index in [1.165, 1.54) is 10.7 Å². The number of hydrogen-bond donors (Lipinski definition) is 4. The van der Waals surface area contributed by atoms with E-state index >= 15 is 0 Å². The summed E-state index contributed by atoms with van der Waals surface area (Å²) in [7, 11) is 0. The van der Waals surface area contributed by atoms with Crippen molar-refractivity contribution in [3.05, 3.63) is 34.6 Å². The first-order valence-electron chi connectivity index (χ1n) is 8.90. The first-order chi connectivity index (χ1) is 14.1. The minimum absolute atomic E-state index is 0.0799. The standard InChI is InChI=1S/C18H16ClN9O/c19-15-13(22-3-4-29)5-10(7-20)6-14(15)25-18-26-16(24-11-1-2-11)17-23-9-12(8-21)28(17)27-18/h5-6,9,11,22,29H,1-4H2,(H2,24,25,26,27). The van der Waals surface area contributed by atoms with Crippen molar-refractivity contribution in [3.63, 3.8) is 0 Å². The zero-order chi connectivity index (χ0) is 20.4. The van der Waals surface area contributed by atoms with Gasteiger partial charge >= 0.3 is 0 Å². The van der Waals surface area contributed by atoms with Crippen molar-refractivity contribution in [1.82, 2.24) is 19.6 Å². The molecule has 2 heterocycles. The lowest BCUT2D eigenvalue weighted by Gasteiger charge is -2.14. The predicted molar refractivity (Wildman–Crippen MR) is 107 cm³/mol. The number of nitrogens with one attached hydrogen (secondary N) is 3. The van der Waals surface area contributed by atoms with Crippen LogP contribution in [0.25, 0.3) is 5.65 Å². The molecule has 11 heteroatoms. The summed E-state index contributed by atoms with van der Waals surface area (Å²) in [6, 6.07) is 7.62. The third-order valence-corrected chi connectivity index (χ3v) is 4.68. The number of nitrogens with zero attached hydrogens (tertiary/aromatic N) is 6. The second-order valence-corrected chi connectivity index (χ2v) is 6.84. The Balaban J connectivity index is 1.75. The van der Waals surface area contributed by atoms with Crippen LogP contribution in [0.1, 0.15) is 24.1 Å². The molecule has 1 aromatic carbocycles. The molecular weight excluding hydrogens is 394 g/mol. The zero-order valence-electron chi connectivity index (χ0n) is 15.1. The topological polar surface area (TPSA) is 147 Å². The number of hydrogen-bond acceptors (Lipinski definition) is 9. The van der Waals surface area contributed by atoms with Crippen LogP contribution in [-0.2, 0) is 0 Å². The number of imidazole rings is 1. The van der Waals surface area contributed by atoms with Gasteiger partial charge in [-0.2, -0.15) is 20.0 Å². The number of aromatic nitrogens is 4. The molecule has 2 aromatic heterocycles. The van der Waals surface area contributed by atoms with E-state index in [9.17, 15) is 10.5 Å². The maximum atomic E-state index is 9.32. The van der Waals surface area contributed by atoms with Gasteiger partial charge < -0.3 is 21.1 Å². The molecule has 4 N–H and O–H groups in total. The van der Waals surface area contributed by atoms with Crippen LogP contribution in [-0.4, -0.2) is 43.9 Å². The Labute approximate surface area is 170 Å². The Hall–Kier alpha value is -3.60. The molecule has 1 fully saturated rings. The molecule has 0 atom stereocenters. The summed E-state index contributed by atoms with van der Waals surface area (Å²) in [4.78, 5) is 8.72. The maximum Gasteiger partial charge on any atom is 0.247 e. The Morgan fingerprint density at radius 3 is 2.72 bits per heavy atom. The molecular formula is C18H16ClN9O. The highest BCUT2D eigenvalue weighted by atomic mass is 35.5. The minimum Gasteiger partial charge on any atom is -0.395 e. The highest BCUT2D eigenvalue weighted by Gasteiger charge is 2.24. The first-order valence-corrected chi connectivity index (χ1v) is 9.28. The van der Waals surface area contributed by atoms with Crippen LogP contribution in [0.15, 0.2) is 18.3 Å². The molecule has 0 saturated heterocycles. The summed E-state index contributed by atoms with van der Waals surface area (Å²) in [6.07, 6.45) is 3.52. The smallest absolute Gasteiger partial charge is 0.247 e. The Kier molecular flexibility index (Phi) is 5.04. The second-order valence-electron chi connectivity index (χ2n) is 6.47. The monoisotopic (exact) mass is 409 g/mol. The van der Waals surface area contributed by atoms with Gasteiger partial charge in [0.1, 0.15) is 6.07 Å². The number of fused-ring (bicyclic) bond motifs is 1. The van der Waals surface area contributed by atoms with Gasteiger partial charge in [0, 0.05) is 12.6 Å². The number of halogens is 1. The molecule has 0 radical (unpaired) electrons. The lowest BCUT2D eigenvalue weighted by molar-refractivity contribution is 0.311. The van der Waals surface area contributed by atoms with Gasteiger partial charge in [-0.3, -0.25) is 0 Å². The van der Waals surface area contributed by atoms with E-state index in [0.717, 1.165) is 12.8 Å². The molecule has 146 valence electrons. The average Bonchev–Trinajstić information content (AvgIpc) is 3.44. The number of aliphatic hydroxyl groups excluding tert-OH is 1. The van der Waals surface area contributed by atoms with Crippen LogP contribution >= 0.6 is 11.6 Å². The summed E-state index contributed by atoms with van der Waals surface area (Å²) in [5.41, 5.74) is 2.02. The van der Waals surface area contributed by atoms with Gasteiger partial charge in [-0.15, -0.1) is 5.10 Å². The molecule has 4 rings (SSSR count). The van der Waals surface area contributed by atoms with Crippen molar-refractivity contribution < 1.29 is 5.11 Å². The van der Waals surface area contributed by atoms with Gasteiger partial charge in [0.2, 0.25) is 5.95 Å². The van der Waals surface area contributed by atoms with E-state index in [0.29, 0.717) is 39.5 Å². The summed E-state index contributed by atoms with van der Waals surface area (Å²) >= 11 is 6.45. The minimum atomic E-state index is -0.0799. The van der Waals surface area contributed by atoms with Gasteiger partial charge in [-0.05, 0) is 25.0 Å². The third-order valence-electron chi connectivity index (χ3n) is 4.27. The average molecular weight is 410 g/mol. The lowest BCUT2D eigenvalue weighted by atomic mass is 10.2. The quantitative estimate of drug-likeness (QED) is 0.461. The molecule has 0 unspecified atom stereocenters. The molecule has 0 spiro atoms. The first kappa shape index (κ1) is 18.7. The van der Waals surface area contributed by atoms with Crippen molar-refractivity contribution in [1.29, 1.82) is 10.5 Å². The zero-order valence-corrected chi connectivity index (χ0v) is 15.9. The van der Waals surface area contributed by atoms with Gasteiger partial charge in [0.15, 0.2) is 17.2 Å². The van der Waals surface area contributed by atoms with E-state index in [4.69, 9.17) is 16.7 Å². The number of aliphatic hydroxyl groups is 1. The molecule has 0 aliphatic heterocycles. The van der Waals surface area contributed by atoms with E-state index in [-0.39, 0.29) is 24.8 Å². The number of nitriles is 2. The fraction of sp³-hybridized carbons (Fsp3) is 0.278. The summed E-state index contributed by atoms with van der Waals surface area (Å²) in [5, 5.41) is 41.6. The summed E-state index contributed by atoms with van der Waals surface area (Å²) < 4.78 is 1.41. The molecule has 1 aliphatic carbocycles. The lowest BCUT2D eigenvalue weighted by Crippen LogP contribution is -2.11. The van der Waals surface area contributed by atoms with Crippen molar-refractivity contribution in [3.8, 4) is 12.1 Å². The second kappa shape index (κ2) is 7.80. The molecule has 0 amide bonds. The largest absolute Gasteiger partial charge is 0.395 e. The molecule has 29 heavy (non-hydrogen) atoms. The number of rotatable bonds is 7. The fourth-order valence-electron chi connectivity index (χ4n) is 2.75. The molecule has 1 aliphatic rings. The third kappa shape index (κ3) is 3.85. The van der Waals surface area contributed by atoms with Gasteiger partial charge in [0.05, 0.1) is 40.8 Å².